The zero-order valence-electron chi connectivity index (χ0n) is 12.4. The van der Waals surface area contributed by atoms with E-state index in [0.29, 0.717) is 10.4 Å². The summed E-state index contributed by atoms with van der Waals surface area (Å²) in [4.78, 5) is 0. The van der Waals surface area contributed by atoms with Gasteiger partial charge < -0.3 is 5.73 Å². The van der Waals surface area contributed by atoms with E-state index in [4.69, 9.17) is 5.73 Å². The molecule has 1 aliphatic rings. The number of rotatable bonds is 4. The van der Waals surface area contributed by atoms with E-state index in [2.05, 4.69) is 29.8 Å². The van der Waals surface area contributed by atoms with E-state index in [0.717, 1.165) is 23.8 Å². The highest BCUT2D eigenvalue weighted by molar-refractivity contribution is 9.10. The van der Waals surface area contributed by atoms with Gasteiger partial charge >= 0.3 is 0 Å². The third-order valence-corrected chi connectivity index (χ3v) is 5.43. The van der Waals surface area contributed by atoms with Gasteiger partial charge in [0.25, 0.3) is 0 Å². The van der Waals surface area contributed by atoms with E-state index < -0.39 is 0 Å². The largest absolute Gasteiger partial charge is 0.327 e. The maximum absolute atomic E-state index is 13.2. The molecule has 112 valence electrons. The van der Waals surface area contributed by atoms with Crippen LogP contribution in [0.5, 0.6) is 0 Å². The maximum Gasteiger partial charge on any atom is 0.137 e. The third kappa shape index (κ3) is 4.05. The van der Waals surface area contributed by atoms with Gasteiger partial charge in [0.2, 0.25) is 0 Å². The van der Waals surface area contributed by atoms with Gasteiger partial charge in [-0.1, -0.05) is 19.9 Å². The molecule has 3 heteroatoms. The lowest BCUT2D eigenvalue weighted by Crippen LogP contribution is -2.35. The summed E-state index contributed by atoms with van der Waals surface area (Å²) >= 11 is 3.24. The van der Waals surface area contributed by atoms with Crippen molar-refractivity contribution in [1.29, 1.82) is 0 Å². The summed E-state index contributed by atoms with van der Waals surface area (Å²) in [7, 11) is 0. The first-order chi connectivity index (χ1) is 9.47. The van der Waals surface area contributed by atoms with Crippen LogP contribution in [0, 0.1) is 23.6 Å². The Morgan fingerprint density at radius 2 is 1.80 bits per heavy atom. The van der Waals surface area contributed by atoms with Crippen LogP contribution < -0.4 is 5.73 Å². The van der Waals surface area contributed by atoms with Crippen LogP contribution in [0.15, 0.2) is 22.7 Å². The monoisotopic (exact) mass is 341 g/mol. The second-order valence-electron chi connectivity index (χ2n) is 6.54. The Balaban J connectivity index is 1.89. The lowest BCUT2D eigenvalue weighted by molar-refractivity contribution is 0.202. The number of hydrogen-bond acceptors (Lipinski definition) is 1. The van der Waals surface area contributed by atoms with Gasteiger partial charge in [0.15, 0.2) is 0 Å². The van der Waals surface area contributed by atoms with Gasteiger partial charge in [-0.3, -0.25) is 0 Å². The number of benzene rings is 1. The Labute approximate surface area is 130 Å². The summed E-state index contributed by atoms with van der Waals surface area (Å²) in [6.07, 6.45) is 5.95. The highest BCUT2D eigenvalue weighted by Crippen LogP contribution is 2.35. The predicted octanol–water partition coefficient (Wildman–Crippen LogP) is 4.92. The molecule has 2 rings (SSSR count). The molecule has 1 aromatic rings. The smallest absolute Gasteiger partial charge is 0.137 e. The third-order valence-electron chi connectivity index (χ3n) is 4.82. The highest BCUT2D eigenvalue weighted by atomic mass is 79.9. The van der Waals surface area contributed by atoms with Crippen LogP contribution in [0.1, 0.15) is 45.1 Å². The lowest BCUT2D eigenvalue weighted by atomic mass is 9.74. The molecule has 1 aliphatic carbocycles. The van der Waals surface area contributed by atoms with Crippen LogP contribution in [-0.2, 0) is 6.42 Å². The average molecular weight is 342 g/mol. The van der Waals surface area contributed by atoms with Gasteiger partial charge in [-0.25, -0.2) is 4.39 Å². The number of nitrogens with two attached hydrogens (primary N) is 1. The van der Waals surface area contributed by atoms with Crippen molar-refractivity contribution < 1.29 is 4.39 Å². The van der Waals surface area contributed by atoms with Crippen molar-refractivity contribution in [1.82, 2.24) is 0 Å². The van der Waals surface area contributed by atoms with Gasteiger partial charge in [-0.05, 0) is 83.5 Å². The summed E-state index contributed by atoms with van der Waals surface area (Å²) in [5.41, 5.74) is 7.50. The molecule has 0 spiro atoms. The topological polar surface area (TPSA) is 26.0 Å². The van der Waals surface area contributed by atoms with E-state index in [9.17, 15) is 4.39 Å². The molecule has 20 heavy (non-hydrogen) atoms. The minimum atomic E-state index is -0.209. The summed E-state index contributed by atoms with van der Waals surface area (Å²) in [5.74, 6) is 2.08. The average Bonchev–Trinajstić information content (AvgIpc) is 2.43. The maximum atomic E-state index is 13.2. The van der Waals surface area contributed by atoms with Crippen LogP contribution in [0.3, 0.4) is 0 Å². The van der Waals surface area contributed by atoms with Gasteiger partial charge in [0.05, 0.1) is 4.47 Å². The summed E-state index contributed by atoms with van der Waals surface area (Å²) in [6.45, 7) is 4.64. The fourth-order valence-electron chi connectivity index (χ4n) is 3.35. The van der Waals surface area contributed by atoms with Crippen LogP contribution in [0.4, 0.5) is 4.39 Å². The second kappa shape index (κ2) is 7.04. The molecular formula is C17H25BrFN. The van der Waals surface area contributed by atoms with Gasteiger partial charge in [-0.15, -0.1) is 0 Å². The summed E-state index contributed by atoms with van der Waals surface area (Å²) < 4.78 is 13.8. The SMILES string of the molecule is CC(C)C1CCC(C(N)Cc2ccc(F)c(Br)c2)CC1. The van der Waals surface area contributed by atoms with Crippen molar-refractivity contribution in [2.24, 2.45) is 23.5 Å². The zero-order valence-corrected chi connectivity index (χ0v) is 14.0. The van der Waals surface area contributed by atoms with Gasteiger partial charge in [0.1, 0.15) is 5.82 Å². The van der Waals surface area contributed by atoms with Crippen molar-refractivity contribution in [3.05, 3.63) is 34.1 Å². The van der Waals surface area contributed by atoms with E-state index in [1.165, 1.54) is 31.7 Å². The molecule has 0 heterocycles. The Kier molecular flexibility index (Phi) is 5.62. The molecule has 1 nitrogen and oxygen atoms in total. The minimum Gasteiger partial charge on any atom is -0.327 e. The second-order valence-corrected chi connectivity index (χ2v) is 7.39. The fourth-order valence-corrected chi connectivity index (χ4v) is 3.77. The van der Waals surface area contributed by atoms with E-state index >= 15 is 0 Å². The molecule has 0 radical (unpaired) electrons. The van der Waals surface area contributed by atoms with Crippen molar-refractivity contribution in [3.8, 4) is 0 Å². The van der Waals surface area contributed by atoms with Crippen LogP contribution >= 0.6 is 15.9 Å². The molecular weight excluding hydrogens is 317 g/mol. The Hall–Kier alpha value is -0.410. The summed E-state index contributed by atoms with van der Waals surface area (Å²) in [5, 5.41) is 0. The Morgan fingerprint density at radius 3 is 2.35 bits per heavy atom. The number of hydrogen-bond donors (Lipinski definition) is 1. The quantitative estimate of drug-likeness (QED) is 0.826. The molecule has 1 saturated carbocycles. The molecule has 2 N–H and O–H groups in total. The Morgan fingerprint density at radius 1 is 1.20 bits per heavy atom. The molecule has 0 saturated heterocycles. The first kappa shape index (κ1) is 16.0. The molecule has 0 aromatic heterocycles. The van der Waals surface area contributed by atoms with Gasteiger partial charge in [-0.2, -0.15) is 0 Å². The van der Waals surface area contributed by atoms with Gasteiger partial charge in [0, 0.05) is 6.04 Å². The first-order valence-corrected chi connectivity index (χ1v) is 8.46. The standard InChI is InChI=1S/C17H25BrFN/c1-11(2)13-4-6-14(7-5-13)17(20)10-12-3-8-16(19)15(18)9-12/h3,8-9,11,13-14,17H,4-7,10,20H2,1-2H3. The van der Waals surface area contributed by atoms with E-state index in [-0.39, 0.29) is 11.9 Å². The molecule has 0 bridgehead atoms. The normalized spacial score (nSPS) is 24.9. The highest BCUT2D eigenvalue weighted by Gasteiger charge is 2.27. The van der Waals surface area contributed by atoms with Crippen molar-refractivity contribution in [3.63, 3.8) is 0 Å². The van der Waals surface area contributed by atoms with Crippen LogP contribution in [0.25, 0.3) is 0 Å². The van der Waals surface area contributed by atoms with Crippen molar-refractivity contribution in [2.45, 2.75) is 52.0 Å². The zero-order chi connectivity index (χ0) is 14.7. The first-order valence-electron chi connectivity index (χ1n) is 7.67. The van der Waals surface area contributed by atoms with E-state index in [1.807, 2.05) is 12.1 Å². The van der Waals surface area contributed by atoms with Crippen molar-refractivity contribution in [2.75, 3.05) is 0 Å². The summed E-state index contributed by atoms with van der Waals surface area (Å²) in [6, 6.07) is 5.41. The van der Waals surface area contributed by atoms with E-state index in [1.54, 1.807) is 0 Å². The molecule has 1 atom stereocenters. The molecule has 0 amide bonds. The van der Waals surface area contributed by atoms with Crippen LogP contribution in [0.2, 0.25) is 0 Å². The van der Waals surface area contributed by atoms with Crippen molar-refractivity contribution >= 4 is 15.9 Å². The number of halogens is 2. The molecule has 1 fully saturated rings. The molecule has 1 unspecified atom stereocenters. The molecule has 1 aromatic carbocycles. The fraction of sp³-hybridized carbons (Fsp3) is 0.647. The Bertz CT molecular complexity index is 439. The lowest BCUT2D eigenvalue weighted by Gasteiger charge is -2.34. The van der Waals surface area contributed by atoms with Crippen LogP contribution in [-0.4, -0.2) is 6.04 Å². The predicted molar refractivity (Wildman–Crippen MR) is 86.1 cm³/mol. The minimum absolute atomic E-state index is 0.195. The molecule has 0 aliphatic heterocycles.